The van der Waals surface area contributed by atoms with Crippen LogP contribution in [0.4, 0.5) is 0 Å². The Bertz CT molecular complexity index is 919. The second kappa shape index (κ2) is 6.74. The van der Waals surface area contributed by atoms with Crippen molar-refractivity contribution in [3.05, 3.63) is 93.4 Å². The van der Waals surface area contributed by atoms with E-state index in [0.29, 0.717) is 5.70 Å². The monoisotopic (exact) mass is 409 g/mol. The highest BCUT2D eigenvalue weighted by molar-refractivity contribution is 9.10. The molecule has 26 heavy (non-hydrogen) atoms. The van der Waals surface area contributed by atoms with Crippen molar-refractivity contribution in [1.29, 1.82) is 0 Å². The number of halogens is 1. The van der Waals surface area contributed by atoms with E-state index < -0.39 is 5.54 Å². The van der Waals surface area contributed by atoms with Crippen molar-refractivity contribution < 1.29 is 5.11 Å². The number of hydrogen-bond donors (Lipinski definition) is 3. The maximum atomic E-state index is 9.72. The average Bonchev–Trinajstić information content (AvgIpc) is 2.66. The molecule has 4 nitrogen and oxygen atoms in total. The highest BCUT2D eigenvalue weighted by Crippen LogP contribution is 2.37. The number of rotatable bonds is 4. The van der Waals surface area contributed by atoms with Crippen molar-refractivity contribution in [2.45, 2.75) is 18.4 Å². The lowest BCUT2D eigenvalue weighted by Crippen LogP contribution is -2.56. The molecule has 4 N–H and O–H groups in total. The molecular formula is C21H20BrN3O. The average molecular weight is 410 g/mol. The standard InChI is InChI=1S/C21H20BrN3O/c22-16-6-3-14(4-7-16)5-8-17-9-10-18-19(23)12-24-20-15(13-26)2-1-11-21(18,20)25-17/h1-4,6-7,9-12,25-26H,5,8,13,23H2. The molecule has 4 rings (SSSR count). The van der Waals surface area contributed by atoms with Crippen LogP contribution in [0.15, 0.2) is 92.9 Å². The van der Waals surface area contributed by atoms with Crippen LogP contribution in [0.2, 0.25) is 0 Å². The van der Waals surface area contributed by atoms with E-state index in [1.165, 1.54) is 5.56 Å². The van der Waals surface area contributed by atoms with E-state index in [1.807, 2.05) is 12.2 Å². The molecule has 132 valence electrons. The van der Waals surface area contributed by atoms with E-state index in [9.17, 15) is 5.11 Å². The highest BCUT2D eigenvalue weighted by Gasteiger charge is 2.44. The number of nitrogens with zero attached hydrogens (tertiary/aromatic N) is 1. The Hall–Kier alpha value is -2.37. The molecule has 1 spiro atoms. The molecule has 1 aromatic carbocycles. The highest BCUT2D eigenvalue weighted by atomic mass is 79.9. The molecule has 0 radical (unpaired) electrons. The first kappa shape index (κ1) is 17.1. The van der Waals surface area contributed by atoms with E-state index in [4.69, 9.17) is 5.73 Å². The molecule has 2 aliphatic heterocycles. The molecule has 3 aliphatic rings. The van der Waals surface area contributed by atoms with Gasteiger partial charge in [0.2, 0.25) is 0 Å². The molecule has 0 fully saturated rings. The summed E-state index contributed by atoms with van der Waals surface area (Å²) in [4.78, 5) is 4.54. The van der Waals surface area contributed by atoms with E-state index in [2.05, 4.69) is 68.7 Å². The first-order valence-corrected chi connectivity index (χ1v) is 9.39. The van der Waals surface area contributed by atoms with Crippen LogP contribution >= 0.6 is 15.9 Å². The van der Waals surface area contributed by atoms with Crippen molar-refractivity contribution in [3.8, 4) is 0 Å². The zero-order chi connectivity index (χ0) is 18.1. The number of hydrogen-bond acceptors (Lipinski definition) is 4. The van der Waals surface area contributed by atoms with Crippen LogP contribution in [-0.4, -0.2) is 23.0 Å². The fourth-order valence-electron chi connectivity index (χ4n) is 3.63. The van der Waals surface area contributed by atoms with Gasteiger partial charge in [-0.25, -0.2) is 0 Å². The van der Waals surface area contributed by atoms with Gasteiger partial charge in [0.25, 0.3) is 0 Å². The van der Waals surface area contributed by atoms with Gasteiger partial charge in [-0.15, -0.1) is 0 Å². The number of nitrogens with one attached hydrogen (secondary N) is 1. The first-order valence-electron chi connectivity index (χ1n) is 8.60. The zero-order valence-electron chi connectivity index (χ0n) is 14.2. The van der Waals surface area contributed by atoms with Gasteiger partial charge in [0.05, 0.1) is 24.2 Å². The molecule has 1 aromatic rings. The fourth-order valence-corrected chi connectivity index (χ4v) is 3.90. The van der Waals surface area contributed by atoms with Crippen molar-refractivity contribution >= 4 is 21.6 Å². The Balaban J connectivity index is 1.61. The maximum Gasteiger partial charge on any atom is 0.126 e. The van der Waals surface area contributed by atoms with Gasteiger partial charge in [-0.3, -0.25) is 4.99 Å². The summed E-state index contributed by atoms with van der Waals surface area (Å²) < 4.78 is 1.09. The molecule has 2 heterocycles. The SMILES string of the molecule is NC1=CN=C2C(CO)=CC=CC23NC(CCc2ccc(Br)cc2)=CC=C13. The molecule has 5 heteroatoms. The Labute approximate surface area is 161 Å². The molecule has 1 atom stereocenters. The van der Waals surface area contributed by atoms with Crippen LogP contribution in [-0.2, 0) is 6.42 Å². The maximum absolute atomic E-state index is 9.72. The molecule has 1 aliphatic carbocycles. The van der Waals surface area contributed by atoms with Crippen LogP contribution in [0.1, 0.15) is 12.0 Å². The van der Waals surface area contributed by atoms with Gasteiger partial charge in [0.1, 0.15) is 5.54 Å². The quantitative estimate of drug-likeness (QED) is 0.714. The van der Waals surface area contributed by atoms with Gasteiger partial charge >= 0.3 is 0 Å². The minimum Gasteiger partial charge on any atom is -0.397 e. The summed E-state index contributed by atoms with van der Waals surface area (Å²) in [6, 6.07) is 8.39. The Morgan fingerprint density at radius 2 is 1.92 bits per heavy atom. The van der Waals surface area contributed by atoms with Crippen LogP contribution in [0.25, 0.3) is 0 Å². The normalized spacial score (nSPS) is 23.5. The van der Waals surface area contributed by atoms with Gasteiger partial charge in [-0.05, 0) is 42.7 Å². The summed E-state index contributed by atoms with van der Waals surface area (Å²) in [5.74, 6) is 0. The smallest absolute Gasteiger partial charge is 0.126 e. The molecule has 0 amide bonds. The number of aliphatic imine (C=N–C) groups is 1. The van der Waals surface area contributed by atoms with Gasteiger partial charge in [-0.1, -0.05) is 46.3 Å². The third-order valence-corrected chi connectivity index (χ3v) is 5.49. The van der Waals surface area contributed by atoms with Crippen LogP contribution < -0.4 is 11.1 Å². The summed E-state index contributed by atoms with van der Waals surface area (Å²) in [7, 11) is 0. The number of allylic oxidation sites excluding steroid dienone is 5. The number of aliphatic hydroxyl groups is 1. The lowest BCUT2D eigenvalue weighted by Gasteiger charge is -2.43. The molecule has 0 saturated carbocycles. The second-order valence-electron chi connectivity index (χ2n) is 6.60. The zero-order valence-corrected chi connectivity index (χ0v) is 15.8. The van der Waals surface area contributed by atoms with Gasteiger partial charge in [-0.2, -0.15) is 0 Å². The lowest BCUT2D eigenvalue weighted by atomic mass is 9.74. The first-order chi connectivity index (χ1) is 12.6. The molecule has 0 aromatic heterocycles. The van der Waals surface area contributed by atoms with Crippen molar-refractivity contribution in [2.24, 2.45) is 10.7 Å². The van der Waals surface area contributed by atoms with Gasteiger partial charge in [0, 0.05) is 21.3 Å². The Kier molecular flexibility index (Phi) is 4.42. The predicted octanol–water partition coefficient (Wildman–Crippen LogP) is 3.28. The summed E-state index contributed by atoms with van der Waals surface area (Å²) in [6.07, 6.45) is 13.6. The minimum atomic E-state index is -0.588. The number of aliphatic hydroxyl groups excluding tert-OH is 1. The van der Waals surface area contributed by atoms with E-state index in [-0.39, 0.29) is 6.61 Å². The molecular weight excluding hydrogens is 390 g/mol. The largest absolute Gasteiger partial charge is 0.397 e. The summed E-state index contributed by atoms with van der Waals surface area (Å²) >= 11 is 3.47. The summed E-state index contributed by atoms with van der Waals surface area (Å²) in [5.41, 5.74) is 11.3. The van der Waals surface area contributed by atoms with E-state index >= 15 is 0 Å². The molecule has 0 saturated heterocycles. The molecule has 1 unspecified atom stereocenters. The third-order valence-electron chi connectivity index (χ3n) is 4.97. The van der Waals surface area contributed by atoms with E-state index in [1.54, 1.807) is 6.20 Å². The summed E-state index contributed by atoms with van der Waals surface area (Å²) in [6.45, 7) is -0.0500. The number of benzene rings is 1. The Morgan fingerprint density at radius 3 is 2.69 bits per heavy atom. The number of nitrogens with two attached hydrogens (primary N) is 1. The van der Waals surface area contributed by atoms with Gasteiger partial charge < -0.3 is 16.2 Å². The van der Waals surface area contributed by atoms with Crippen LogP contribution in [0.5, 0.6) is 0 Å². The fraction of sp³-hybridized carbons (Fsp3) is 0.190. The van der Waals surface area contributed by atoms with Crippen molar-refractivity contribution in [3.63, 3.8) is 0 Å². The molecule has 0 bridgehead atoms. The topological polar surface area (TPSA) is 70.6 Å². The number of dihydropyridines is 1. The number of aryl methyl sites for hydroxylation is 1. The lowest BCUT2D eigenvalue weighted by molar-refractivity contribution is 0.335. The second-order valence-corrected chi connectivity index (χ2v) is 7.52. The predicted molar refractivity (Wildman–Crippen MR) is 109 cm³/mol. The minimum absolute atomic E-state index is 0.0500. The van der Waals surface area contributed by atoms with Crippen molar-refractivity contribution in [2.75, 3.05) is 6.61 Å². The third kappa shape index (κ3) is 2.87. The van der Waals surface area contributed by atoms with Crippen molar-refractivity contribution in [1.82, 2.24) is 5.32 Å². The summed E-state index contributed by atoms with van der Waals surface area (Å²) in [5, 5.41) is 13.4. The van der Waals surface area contributed by atoms with E-state index in [0.717, 1.165) is 39.9 Å². The Morgan fingerprint density at radius 1 is 1.12 bits per heavy atom. The van der Waals surface area contributed by atoms with Crippen LogP contribution in [0, 0.1) is 0 Å². The van der Waals surface area contributed by atoms with Crippen LogP contribution in [0.3, 0.4) is 0 Å². The van der Waals surface area contributed by atoms with Gasteiger partial charge in [0.15, 0.2) is 0 Å².